The highest BCUT2D eigenvalue weighted by atomic mass is 19.0. The van der Waals surface area contributed by atoms with Crippen LogP contribution >= 0.6 is 0 Å². The van der Waals surface area contributed by atoms with Crippen LogP contribution in [-0.2, 0) is 9.47 Å². The Balaban J connectivity index is 0.000000485. The van der Waals surface area contributed by atoms with Crippen LogP contribution in [0, 0.1) is 35.5 Å². The van der Waals surface area contributed by atoms with Crippen molar-refractivity contribution in [3.8, 4) is 0 Å². The monoisotopic (exact) mass is 581 g/mol. The van der Waals surface area contributed by atoms with Crippen LogP contribution in [0.4, 0.5) is 4.70 Å². The molecule has 0 radical (unpaired) electrons. The first-order valence-electron chi connectivity index (χ1n) is 17.5. The van der Waals surface area contributed by atoms with Gasteiger partial charge >= 0.3 is 0 Å². The molecule has 0 spiro atoms. The number of hydrogen-bond acceptors (Lipinski definition) is 2. The lowest BCUT2D eigenvalue weighted by atomic mass is 9.84. The van der Waals surface area contributed by atoms with E-state index < -0.39 is 0 Å². The summed E-state index contributed by atoms with van der Waals surface area (Å²) in [5.74, 6) is 5.52. The van der Waals surface area contributed by atoms with Crippen LogP contribution in [0.3, 0.4) is 0 Å². The fraction of sp³-hybridized carbons (Fsp3) is 0.895. The second-order valence-corrected chi connectivity index (χ2v) is 14.9. The Morgan fingerprint density at radius 3 is 0.951 bits per heavy atom. The lowest BCUT2D eigenvalue weighted by molar-refractivity contribution is 0.000174. The molecule has 3 aliphatic carbocycles. The molecule has 2 saturated heterocycles. The van der Waals surface area contributed by atoms with E-state index in [0.29, 0.717) is 12.2 Å². The molecule has 6 unspecified atom stereocenters. The molecule has 0 amide bonds. The van der Waals surface area contributed by atoms with E-state index >= 15 is 0 Å². The van der Waals surface area contributed by atoms with E-state index in [4.69, 9.17) is 9.47 Å². The van der Waals surface area contributed by atoms with Gasteiger partial charge in [-0.25, -0.2) is 0 Å². The van der Waals surface area contributed by atoms with Gasteiger partial charge in [-0.15, -0.1) is 0 Å². The van der Waals surface area contributed by atoms with Crippen LogP contribution in [0.2, 0.25) is 0 Å². The highest BCUT2D eigenvalue weighted by molar-refractivity contribution is 5.02. The van der Waals surface area contributed by atoms with Crippen LogP contribution in [0.5, 0.6) is 0 Å². The summed E-state index contributed by atoms with van der Waals surface area (Å²) in [5, 5.41) is 0. The van der Waals surface area contributed by atoms with Crippen molar-refractivity contribution in [3.05, 3.63) is 23.3 Å². The maximum atomic E-state index is 5.39. The molecular weight excluding hydrogens is 507 g/mol. The predicted octanol–water partition coefficient (Wildman–Crippen LogP) is 12.1. The first-order chi connectivity index (χ1) is 18.9. The van der Waals surface area contributed by atoms with Gasteiger partial charge in [0.05, 0.1) is 12.2 Å². The summed E-state index contributed by atoms with van der Waals surface area (Å²) in [7, 11) is 0. The van der Waals surface area contributed by atoms with Crippen molar-refractivity contribution in [3.63, 3.8) is 0 Å². The van der Waals surface area contributed by atoms with Gasteiger partial charge in [-0.3, -0.25) is 4.70 Å². The molecule has 3 heteroatoms. The minimum atomic E-state index is 0. The van der Waals surface area contributed by atoms with Gasteiger partial charge in [-0.2, -0.15) is 0 Å². The van der Waals surface area contributed by atoms with E-state index in [1.54, 1.807) is 11.1 Å². The average Bonchev–Trinajstić information content (AvgIpc) is 2.94. The number of rotatable bonds is 0. The predicted molar refractivity (Wildman–Crippen MR) is 180 cm³/mol. The summed E-state index contributed by atoms with van der Waals surface area (Å²) >= 11 is 0. The van der Waals surface area contributed by atoms with Gasteiger partial charge in [0, 0.05) is 13.2 Å². The number of hydrogen-bond donors (Lipinski definition) is 0. The van der Waals surface area contributed by atoms with Gasteiger partial charge in [-0.05, 0) is 127 Å². The van der Waals surface area contributed by atoms with Gasteiger partial charge in [0.15, 0.2) is 0 Å². The van der Waals surface area contributed by atoms with Crippen molar-refractivity contribution >= 4 is 0 Å². The zero-order valence-corrected chi connectivity index (χ0v) is 29.3. The van der Waals surface area contributed by atoms with Gasteiger partial charge in [0.2, 0.25) is 0 Å². The van der Waals surface area contributed by atoms with Crippen molar-refractivity contribution < 1.29 is 14.2 Å². The van der Waals surface area contributed by atoms with Crippen molar-refractivity contribution in [1.29, 1.82) is 0 Å². The molecule has 2 heterocycles. The second kappa shape index (κ2) is 23.7. The summed E-state index contributed by atoms with van der Waals surface area (Å²) in [6.45, 7) is 24.6. The molecule has 1 saturated carbocycles. The maximum absolute atomic E-state index is 5.39. The molecule has 0 aromatic heterocycles. The van der Waals surface area contributed by atoms with E-state index in [0.717, 1.165) is 48.7 Å². The maximum Gasteiger partial charge on any atom is 0.0547 e. The normalized spacial score (nSPS) is 34.9. The first kappa shape index (κ1) is 40.3. The van der Waals surface area contributed by atoms with Crippen LogP contribution in [-0.4, -0.2) is 25.4 Å². The van der Waals surface area contributed by atoms with E-state index in [-0.39, 0.29) is 4.70 Å². The summed E-state index contributed by atoms with van der Waals surface area (Å²) in [6, 6.07) is 0. The number of halogens is 1. The zero-order valence-electron chi connectivity index (χ0n) is 29.3. The largest absolute Gasteiger partial charge is 0.378 e. The van der Waals surface area contributed by atoms with E-state index in [9.17, 15) is 0 Å². The Bertz CT molecular complexity index is 556. The molecule has 0 aromatic carbocycles. The molecular formula is C38H73FO2. The quantitative estimate of drug-likeness (QED) is 0.265. The minimum absolute atomic E-state index is 0. The van der Waals surface area contributed by atoms with Crippen LogP contribution in [0.25, 0.3) is 0 Å². The highest BCUT2D eigenvalue weighted by Gasteiger charge is 2.15. The van der Waals surface area contributed by atoms with Crippen LogP contribution < -0.4 is 0 Å². The van der Waals surface area contributed by atoms with E-state index in [1.807, 2.05) is 0 Å². The second-order valence-electron chi connectivity index (χ2n) is 14.9. The van der Waals surface area contributed by atoms with Gasteiger partial charge < -0.3 is 9.47 Å². The zero-order chi connectivity index (χ0) is 29.9. The Kier molecular flexibility index (Phi) is 23.4. The van der Waals surface area contributed by atoms with Crippen LogP contribution in [0.15, 0.2) is 23.3 Å². The fourth-order valence-electron chi connectivity index (χ4n) is 5.65. The lowest BCUT2D eigenvalue weighted by Crippen LogP contribution is -2.21. The minimum Gasteiger partial charge on any atom is -0.378 e. The number of allylic oxidation sites excluding steroid dienone is 4. The lowest BCUT2D eigenvalue weighted by Gasteiger charge is -2.23. The molecule has 0 bridgehead atoms. The molecule has 3 fully saturated rings. The standard InChI is InChI=1S/C8H16.2C8H14.2C7H14O.FH/c3*1-7-3-5-8(2)6-4-7;2*1-6-3-4-7(2)8-5-6;/h7-8H,3-6H2,1-2H3;2*3,8H,4-6H2,1-2H3;2*6-7H,3-5H2,1-2H3;1H. The Hall–Kier alpha value is -0.670. The van der Waals surface area contributed by atoms with Crippen LogP contribution in [0.1, 0.15) is 159 Å². The first-order valence-corrected chi connectivity index (χ1v) is 17.5. The summed E-state index contributed by atoms with van der Waals surface area (Å²) in [5.41, 5.74) is 3.17. The molecule has 2 nitrogen and oxygen atoms in total. The Morgan fingerprint density at radius 1 is 0.439 bits per heavy atom. The summed E-state index contributed by atoms with van der Waals surface area (Å²) in [6.07, 6.45) is 25.0. The van der Waals surface area contributed by atoms with Crippen molar-refractivity contribution in [2.24, 2.45) is 35.5 Å². The molecule has 0 N–H and O–H groups in total. The molecule has 6 atom stereocenters. The Morgan fingerprint density at radius 2 is 0.756 bits per heavy atom. The topological polar surface area (TPSA) is 18.5 Å². The highest BCUT2D eigenvalue weighted by Crippen LogP contribution is 2.27. The van der Waals surface area contributed by atoms with Gasteiger partial charge in [0.1, 0.15) is 0 Å². The molecule has 0 aromatic rings. The third-order valence-electron chi connectivity index (χ3n) is 9.57. The van der Waals surface area contributed by atoms with E-state index in [2.05, 4.69) is 81.4 Å². The fourth-order valence-corrected chi connectivity index (χ4v) is 5.65. The molecule has 244 valence electrons. The molecule has 5 aliphatic rings. The molecule has 41 heavy (non-hydrogen) atoms. The molecule has 5 rings (SSSR count). The Labute approximate surface area is 257 Å². The summed E-state index contributed by atoms with van der Waals surface area (Å²) in [4.78, 5) is 0. The van der Waals surface area contributed by atoms with Crippen molar-refractivity contribution in [2.45, 2.75) is 171 Å². The SMILES string of the molecule is CC1=CCC(C)CC1.CC1=CCC(C)CC1.CC1CCC(C)CC1.CC1CCC(C)OC1.CC1CCC(C)OC1.F. The van der Waals surface area contributed by atoms with Crippen molar-refractivity contribution in [2.75, 3.05) is 13.2 Å². The van der Waals surface area contributed by atoms with Gasteiger partial charge in [0.25, 0.3) is 0 Å². The van der Waals surface area contributed by atoms with Crippen molar-refractivity contribution in [1.82, 2.24) is 0 Å². The molecule has 2 aliphatic heterocycles. The third kappa shape index (κ3) is 22.5. The van der Waals surface area contributed by atoms with E-state index in [1.165, 1.54) is 89.9 Å². The van der Waals surface area contributed by atoms with Gasteiger partial charge in [-0.1, -0.05) is 90.5 Å². The average molecular weight is 581 g/mol. The smallest absolute Gasteiger partial charge is 0.0547 e. The third-order valence-corrected chi connectivity index (χ3v) is 9.57. The number of ether oxygens (including phenoxy) is 2. The summed E-state index contributed by atoms with van der Waals surface area (Å²) < 4.78 is 10.8.